The number of carbonyl (C=O) groups is 1. The highest BCUT2D eigenvalue weighted by molar-refractivity contribution is 7.99. The fourth-order valence-corrected chi connectivity index (χ4v) is 4.35. The van der Waals surface area contributed by atoms with E-state index in [4.69, 9.17) is 9.47 Å². The number of ether oxygens (including phenoxy) is 2. The minimum absolute atomic E-state index is 0.0152. The Hall–Kier alpha value is -2.94. The summed E-state index contributed by atoms with van der Waals surface area (Å²) in [6.07, 6.45) is 1.46. The van der Waals surface area contributed by atoms with Crippen molar-refractivity contribution in [1.29, 1.82) is 0 Å². The Kier molecular flexibility index (Phi) is 7.84. The average molecular weight is 459 g/mol. The van der Waals surface area contributed by atoms with Crippen molar-refractivity contribution < 1.29 is 14.3 Å². The van der Waals surface area contributed by atoms with Crippen LogP contribution in [-0.2, 0) is 11.2 Å². The summed E-state index contributed by atoms with van der Waals surface area (Å²) < 4.78 is 12.3. The Balaban J connectivity index is 1.64. The van der Waals surface area contributed by atoms with Crippen molar-refractivity contribution in [3.05, 3.63) is 45.9 Å². The van der Waals surface area contributed by atoms with Crippen molar-refractivity contribution in [2.24, 2.45) is 0 Å². The Labute approximate surface area is 191 Å². The van der Waals surface area contributed by atoms with Crippen LogP contribution in [0, 0.1) is 6.92 Å². The number of amides is 1. The van der Waals surface area contributed by atoms with Gasteiger partial charge in [-0.2, -0.15) is 0 Å². The summed E-state index contributed by atoms with van der Waals surface area (Å²) in [5, 5.41) is 3.49. The predicted octanol–water partition coefficient (Wildman–Crippen LogP) is 3.47. The van der Waals surface area contributed by atoms with Gasteiger partial charge in [0, 0.05) is 18.3 Å². The van der Waals surface area contributed by atoms with Crippen molar-refractivity contribution >= 4 is 28.7 Å². The molecule has 0 aliphatic rings. The lowest BCUT2D eigenvalue weighted by atomic mass is 10.1. The molecule has 9 heteroatoms. The molecular formula is C23H30N4O4S. The number of aryl methyl sites for hydroxylation is 1. The van der Waals surface area contributed by atoms with Gasteiger partial charge in [0.2, 0.25) is 5.91 Å². The van der Waals surface area contributed by atoms with E-state index in [2.05, 4.69) is 15.3 Å². The molecule has 8 nitrogen and oxygen atoms in total. The molecule has 1 atom stereocenters. The molecule has 0 fully saturated rings. The number of methoxy groups -OCH3 is 2. The fourth-order valence-electron chi connectivity index (χ4n) is 3.43. The maximum Gasteiger partial charge on any atom is 0.278 e. The maximum atomic E-state index is 13.0. The van der Waals surface area contributed by atoms with Gasteiger partial charge in [-0.15, -0.1) is 0 Å². The van der Waals surface area contributed by atoms with Gasteiger partial charge < -0.3 is 19.8 Å². The van der Waals surface area contributed by atoms with E-state index in [-0.39, 0.29) is 23.3 Å². The van der Waals surface area contributed by atoms with Crippen LogP contribution in [0.15, 0.2) is 34.2 Å². The molecule has 3 aromatic rings. The van der Waals surface area contributed by atoms with Crippen LogP contribution in [0.2, 0.25) is 0 Å². The summed E-state index contributed by atoms with van der Waals surface area (Å²) in [4.78, 5) is 33.2. The number of hydrogen-bond donors (Lipinski definition) is 2. The average Bonchev–Trinajstić information content (AvgIpc) is 3.17. The number of carbonyl (C=O) groups excluding carboxylic acids is 1. The van der Waals surface area contributed by atoms with E-state index >= 15 is 0 Å². The molecule has 0 saturated carbocycles. The van der Waals surface area contributed by atoms with Crippen LogP contribution in [-0.4, -0.2) is 47.0 Å². The number of aromatic amines is 1. The summed E-state index contributed by atoms with van der Waals surface area (Å²) in [6, 6.07) is 7.54. The zero-order valence-corrected chi connectivity index (χ0v) is 20.0. The lowest BCUT2D eigenvalue weighted by Gasteiger charge is -2.17. The molecule has 32 heavy (non-hydrogen) atoms. The smallest absolute Gasteiger partial charge is 0.278 e. The Morgan fingerprint density at radius 1 is 1.25 bits per heavy atom. The highest BCUT2D eigenvalue weighted by atomic mass is 32.2. The fraction of sp³-hybridized carbons (Fsp3) is 0.435. The zero-order valence-electron chi connectivity index (χ0n) is 19.2. The molecule has 2 aromatic heterocycles. The molecule has 0 spiro atoms. The van der Waals surface area contributed by atoms with E-state index < -0.39 is 0 Å². The molecule has 2 heterocycles. The van der Waals surface area contributed by atoms with Crippen LogP contribution < -0.4 is 20.3 Å². The molecular weight excluding hydrogens is 428 g/mol. The zero-order chi connectivity index (χ0) is 23.3. The van der Waals surface area contributed by atoms with Gasteiger partial charge in [-0.05, 0) is 50.5 Å². The van der Waals surface area contributed by atoms with Gasteiger partial charge in [-0.3, -0.25) is 14.2 Å². The van der Waals surface area contributed by atoms with Gasteiger partial charge in [0.25, 0.3) is 5.56 Å². The molecule has 0 unspecified atom stereocenters. The highest BCUT2D eigenvalue weighted by Gasteiger charge is 2.18. The van der Waals surface area contributed by atoms with E-state index in [1.807, 2.05) is 45.0 Å². The first kappa shape index (κ1) is 23.7. The van der Waals surface area contributed by atoms with E-state index in [1.54, 1.807) is 18.8 Å². The number of thioether (sulfide) groups is 1. The van der Waals surface area contributed by atoms with E-state index in [1.165, 1.54) is 11.8 Å². The molecule has 1 amide bonds. The second-order valence-corrected chi connectivity index (χ2v) is 8.56. The monoisotopic (exact) mass is 458 g/mol. The molecule has 2 N–H and O–H groups in total. The molecule has 0 aliphatic carbocycles. The number of aromatic nitrogens is 3. The Morgan fingerprint density at radius 2 is 2.00 bits per heavy atom. The van der Waals surface area contributed by atoms with Crippen molar-refractivity contribution in [2.45, 2.75) is 44.8 Å². The highest BCUT2D eigenvalue weighted by Crippen LogP contribution is 2.27. The lowest BCUT2D eigenvalue weighted by molar-refractivity contribution is -0.118. The van der Waals surface area contributed by atoms with Gasteiger partial charge in [-0.1, -0.05) is 24.8 Å². The van der Waals surface area contributed by atoms with Gasteiger partial charge in [0.05, 0.1) is 25.5 Å². The third-order valence-corrected chi connectivity index (χ3v) is 6.29. The number of H-pyrrole nitrogens is 1. The van der Waals surface area contributed by atoms with E-state index in [0.717, 1.165) is 17.7 Å². The summed E-state index contributed by atoms with van der Waals surface area (Å²) in [7, 11) is 3.19. The number of hydrogen-bond acceptors (Lipinski definition) is 6. The van der Waals surface area contributed by atoms with Gasteiger partial charge in [0.15, 0.2) is 16.7 Å². The van der Waals surface area contributed by atoms with Crippen LogP contribution in [0.1, 0.15) is 37.6 Å². The Morgan fingerprint density at radius 3 is 2.69 bits per heavy atom. The van der Waals surface area contributed by atoms with Crippen LogP contribution >= 0.6 is 11.8 Å². The topological polar surface area (TPSA) is 98.2 Å². The van der Waals surface area contributed by atoms with Crippen LogP contribution in [0.4, 0.5) is 0 Å². The third-order valence-electron chi connectivity index (χ3n) is 5.33. The SMILES string of the molecule is CC[C@H](C)n1c(SCC(=O)NCCc2ccc(OC)c(OC)c2)nc2cc(C)[nH]c2c1=O. The standard InChI is InChI=1S/C23H30N4O4S/c1-6-15(3)27-22(29)21-17(11-14(2)25-21)26-23(27)32-13-20(28)24-10-9-16-7-8-18(30-4)19(12-16)31-5/h7-8,11-12,15,25H,6,9-10,13H2,1-5H3,(H,24,28)/t15-/m0/s1. The summed E-state index contributed by atoms with van der Waals surface area (Å²) >= 11 is 1.28. The van der Waals surface area contributed by atoms with Crippen LogP contribution in [0.25, 0.3) is 11.0 Å². The van der Waals surface area contributed by atoms with Crippen molar-refractivity contribution in [2.75, 3.05) is 26.5 Å². The minimum Gasteiger partial charge on any atom is -0.493 e. The number of nitrogens with one attached hydrogen (secondary N) is 2. The molecule has 172 valence electrons. The van der Waals surface area contributed by atoms with Gasteiger partial charge in [0.1, 0.15) is 5.52 Å². The van der Waals surface area contributed by atoms with E-state index in [0.29, 0.717) is 40.7 Å². The van der Waals surface area contributed by atoms with Gasteiger partial charge >= 0.3 is 0 Å². The molecule has 1 aromatic carbocycles. The first-order valence-electron chi connectivity index (χ1n) is 10.6. The van der Waals surface area contributed by atoms with Gasteiger partial charge in [-0.25, -0.2) is 4.98 Å². The quantitative estimate of drug-likeness (QED) is 0.357. The van der Waals surface area contributed by atoms with Crippen molar-refractivity contribution in [3.8, 4) is 11.5 Å². The summed E-state index contributed by atoms with van der Waals surface area (Å²) in [6.45, 7) is 6.40. The maximum absolute atomic E-state index is 13.0. The second-order valence-electron chi connectivity index (χ2n) is 7.62. The predicted molar refractivity (Wildman–Crippen MR) is 127 cm³/mol. The number of fused-ring (bicyclic) bond motifs is 1. The molecule has 0 aliphatic heterocycles. The van der Waals surface area contributed by atoms with Crippen LogP contribution in [0.3, 0.4) is 0 Å². The normalized spacial score (nSPS) is 12.0. The molecule has 0 radical (unpaired) electrons. The number of rotatable bonds is 10. The number of benzene rings is 1. The third kappa shape index (κ3) is 5.27. The first-order chi connectivity index (χ1) is 15.4. The van der Waals surface area contributed by atoms with E-state index in [9.17, 15) is 9.59 Å². The largest absolute Gasteiger partial charge is 0.493 e. The minimum atomic E-state index is -0.106. The van der Waals surface area contributed by atoms with Crippen molar-refractivity contribution in [3.63, 3.8) is 0 Å². The van der Waals surface area contributed by atoms with Crippen molar-refractivity contribution in [1.82, 2.24) is 19.9 Å². The Bertz CT molecular complexity index is 1150. The molecule has 3 rings (SSSR count). The lowest BCUT2D eigenvalue weighted by Crippen LogP contribution is -2.29. The second kappa shape index (κ2) is 10.6. The number of nitrogens with zero attached hydrogens (tertiary/aromatic N) is 2. The summed E-state index contributed by atoms with van der Waals surface area (Å²) in [5.41, 5.74) is 2.95. The molecule has 0 bridgehead atoms. The molecule has 0 saturated heterocycles. The first-order valence-corrected chi connectivity index (χ1v) is 11.6. The van der Waals surface area contributed by atoms with Crippen LogP contribution in [0.5, 0.6) is 11.5 Å². The summed E-state index contributed by atoms with van der Waals surface area (Å²) in [5.74, 6) is 1.41.